The molecule has 1 aromatic rings. The van der Waals surface area contributed by atoms with Crippen molar-refractivity contribution < 1.29 is 26.0 Å². The molecule has 0 spiro atoms. The number of benzene rings is 1. The Hall–Kier alpha value is -1.03. The van der Waals surface area contributed by atoms with Crippen LogP contribution in [0.15, 0.2) is 28.0 Å². The van der Waals surface area contributed by atoms with Gasteiger partial charge in [0.15, 0.2) is 9.84 Å². The summed E-state index contributed by atoms with van der Waals surface area (Å²) in [4.78, 5) is -0.983. The van der Waals surface area contributed by atoms with E-state index in [1.807, 2.05) is 0 Å². The molecule has 21 heavy (non-hydrogen) atoms. The summed E-state index contributed by atoms with van der Waals surface area (Å²) in [5.41, 5.74) is -0.971. The highest BCUT2D eigenvalue weighted by atomic mass is 32.2. The third kappa shape index (κ3) is 4.73. The molecular weight excluding hydrogens is 321 g/mol. The molecule has 0 radical (unpaired) electrons. The number of sulfone groups is 1. The summed E-state index contributed by atoms with van der Waals surface area (Å²) < 4.78 is 68.3. The zero-order valence-electron chi connectivity index (χ0n) is 12.2. The molecule has 6 nitrogen and oxygen atoms in total. The van der Waals surface area contributed by atoms with Crippen LogP contribution in [0, 0.1) is 5.82 Å². The van der Waals surface area contributed by atoms with Gasteiger partial charge in [0.1, 0.15) is 10.7 Å². The van der Waals surface area contributed by atoms with Crippen LogP contribution in [-0.4, -0.2) is 42.3 Å². The molecule has 0 saturated carbocycles. The van der Waals surface area contributed by atoms with Crippen molar-refractivity contribution in [2.24, 2.45) is 0 Å². The molecular formula is C12H18FNO5S2. The molecule has 0 aromatic heterocycles. The van der Waals surface area contributed by atoms with Crippen molar-refractivity contribution in [1.29, 1.82) is 0 Å². The van der Waals surface area contributed by atoms with E-state index in [4.69, 9.17) is 4.74 Å². The topological polar surface area (TPSA) is 89.5 Å². The number of rotatable bonds is 6. The lowest BCUT2D eigenvalue weighted by molar-refractivity contribution is 0.141. The van der Waals surface area contributed by atoms with Gasteiger partial charge in [-0.3, -0.25) is 0 Å². The zero-order valence-corrected chi connectivity index (χ0v) is 13.8. The predicted octanol–water partition coefficient (Wildman–Crippen LogP) is 0.933. The fraction of sp³-hybridized carbons (Fsp3) is 0.500. The van der Waals surface area contributed by atoms with E-state index in [2.05, 4.69) is 4.72 Å². The van der Waals surface area contributed by atoms with Crippen molar-refractivity contribution in [2.45, 2.75) is 29.2 Å². The highest BCUT2D eigenvalue weighted by molar-refractivity contribution is 7.91. The van der Waals surface area contributed by atoms with Gasteiger partial charge in [-0.25, -0.2) is 25.9 Å². The first-order chi connectivity index (χ1) is 9.39. The van der Waals surface area contributed by atoms with E-state index in [-0.39, 0.29) is 11.5 Å². The summed E-state index contributed by atoms with van der Waals surface area (Å²) in [7, 11) is -6.46. The number of halogens is 1. The molecule has 0 aliphatic rings. The summed E-state index contributed by atoms with van der Waals surface area (Å²) in [6.07, 6.45) is 0.916. The van der Waals surface area contributed by atoms with E-state index in [0.29, 0.717) is 0 Å². The van der Waals surface area contributed by atoms with Crippen LogP contribution in [-0.2, 0) is 24.6 Å². The Morgan fingerprint density at radius 3 is 2.29 bits per heavy atom. The van der Waals surface area contributed by atoms with Gasteiger partial charge in [0.2, 0.25) is 10.0 Å². The van der Waals surface area contributed by atoms with Crippen molar-refractivity contribution in [2.75, 3.05) is 20.0 Å². The maximum Gasteiger partial charge on any atom is 0.244 e. The molecule has 0 heterocycles. The van der Waals surface area contributed by atoms with Crippen LogP contribution >= 0.6 is 0 Å². The summed E-state index contributed by atoms with van der Waals surface area (Å²) >= 11 is 0. The van der Waals surface area contributed by atoms with Gasteiger partial charge < -0.3 is 4.74 Å². The average Bonchev–Trinajstić information content (AvgIpc) is 2.25. The van der Waals surface area contributed by atoms with Crippen molar-refractivity contribution in [3.8, 4) is 0 Å². The van der Waals surface area contributed by atoms with Crippen molar-refractivity contribution >= 4 is 19.9 Å². The number of hydrogen-bond donors (Lipinski definition) is 1. The molecule has 0 atom stereocenters. The Morgan fingerprint density at radius 1 is 1.24 bits per heavy atom. The second-order valence-electron chi connectivity index (χ2n) is 5.29. The van der Waals surface area contributed by atoms with E-state index in [1.54, 1.807) is 13.8 Å². The largest absolute Gasteiger partial charge is 0.383 e. The normalized spacial score (nSPS) is 13.4. The standard InChI is InChI=1S/C12H18FNO5S2/c1-12(2,8-19-3)14-21(17,18)11-7-9(20(4,15)16)5-6-10(11)13/h5-7,14H,8H2,1-4H3. The molecule has 0 fully saturated rings. The smallest absolute Gasteiger partial charge is 0.244 e. The van der Waals surface area contributed by atoms with Gasteiger partial charge >= 0.3 is 0 Å². The number of hydrogen-bond acceptors (Lipinski definition) is 5. The molecule has 0 amide bonds. The Labute approximate surface area is 124 Å². The third-order valence-electron chi connectivity index (χ3n) is 2.54. The van der Waals surface area contributed by atoms with Gasteiger partial charge in [0.25, 0.3) is 0 Å². The molecule has 0 bridgehead atoms. The third-order valence-corrected chi connectivity index (χ3v) is 5.36. The number of ether oxygens (including phenoxy) is 1. The molecule has 120 valence electrons. The summed E-state index contributed by atoms with van der Waals surface area (Å²) in [5, 5.41) is 0. The highest BCUT2D eigenvalue weighted by Gasteiger charge is 2.29. The Morgan fingerprint density at radius 2 is 1.81 bits per heavy atom. The molecule has 1 aromatic carbocycles. The van der Waals surface area contributed by atoms with Crippen LogP contribution in [0.1, 0.15) is 13.8 Å². The molecule has 1 N–H and O–H groups in total. The Bertz CT molecular complexity index is 726. The van der Waals surface area contributed by atoms with E-state index in [1.165, 1.54) is 7.11 Å². The molecule has 0 saturated heterocycles. The van der Waals surface area contributed by atoms with Gasteiger partial charge in [-0.15, -0.1) is 0 Å². The van der Waals surface area contributed by atoms with E-state index < -0.39 is 36.1 Å². The molecule has 0 aliphatic carbocycles. The average molecular weight is 339 g/mol. The first-order valence-electron chi connectivity index (χ1n) is 5.91. The highest BCUT2D eigenvalue weighted by Crippen LogP contribution is 2.21. The van der Waals surface area contributed by atoms with E-state index >= 15 is 0 Å². The van der Waals surface area contributed by atoms with E-state index in [0.717, 1.165) is 24.5 Å². The molecule has 1 rings (SSSR count). The lowest BCUT2D eigenvalue weighted by Crippen LogP contribution is -2.46. The van der Waals surface area contributed by atoms with Crippen LogP contribution in [0.5, 0.6) is 0 Å². The molecule has 0 aliphatic heterocycles. The van der Waals surface area contributed by atoms with Crippen molar-refractivity contribution in [1.82, 2.24) is 4.72 Å². The summed E-state index contributed by atoms with van der Waals surface area (Å²) in [6, 6.07) is 2.63. The second kappa shape index (κ2) is 5.99. The molecule has 9 heteroatoms. The van der Waals surface area contributed by atoms with E-state index in [9.17, 15) is 21.2 Å². The first-order valence-corrected chi connectivity index (χ1v) is 9.29. The fourth-order valence-electron chi connectivity index (χ4n) is 1.73. The summed E-state index contributed by atoms with van der Waals surface area (Å²) in [6.45, 7) is 3.19. The van der Waals surface area contributed by atoms with Crippen LogP contribution < -0.4 is 4.72 Å². The number of nitrogens with one attached hydrogen (secondary N) is 1. The number of methoxy groups -OCH3 is 1. The second-order valence-corrected chi connectivity index (χ2v) is 8.95. The Kier molecular flexibility index (Phi) is 5.14. The van der Waals surface area contributed by atoms with Gasteiger partial charge in [-0.1, -0.05) is 0 Å². The van der Waals surface area contributed by atoms with Crippen LogP contribution in [0.3, 0.4) is 0 Å². The molecule has 0 unspecified atom stereocenters. The zero-order chi connectivity index (χ0) is 16.5. The minimum absolute atomic E-state index is 0.0691. The monoisotopic (exact) mass is 339 g/mol. The predicted molar refractivity (Wildman–Crippen MR) is 75.8 cm³/mol. The Balaban J connectivity index is 3.32. The van der Waals surface area contributed by atoms with Crippen molar-refractivity contribution in [3.05, 3.63) is 24.0 Å². The van der Waals surface area contributed by atoms with Crippen LogP contribution in [0.2, 0.25) is 0 Å². The van der Waals surface area contributed by atoms with Crippen LogP contribution in [0.25, 0.3) is 0 Å². The lowest BCUT2D eigenvalue weighted by atomic mass is 10.1. The minimum atomic E-state index is -4.22. The van der Waals surface area contributed by atoms with Crippen molar-refractivity contribution in [3.63, 3.8) is 0 Å². The SMILES string of the molecule is COCC(C)(C)NS(=O)(=O)c1cc(S(C)(=O)=O)ccc1F. The number of sulfonamides is 1. The maximum absolute atomic E-state index is 13.8. The van der Waals surface area contributed by atoms with Gasteiger partial charge in [0.05, 0.1) is 17.0 Å². The minimum Gasteiger partial charge on any atom is -0.383 e. The summed E-state index contributed by atoms with van der Waals surface area (Å²) in [5.74, 6) is -1.02. The quantitative estimate of drug-likeness (QED) is 0.779. The fourth-order valence-corrected chi connectivity index (χ4v) is 3.95. The van der Waals surface area contributed by atoms with Gasteiger partial charge in [-0.2, -0.15) is 0 Å². The first kappa shape index (κ1) is 18.0. The van der Waals surface area contributed by atoms with Crippen LogP contribution in [0.4, 0.5) is 4.39 Å². The maximum atomic E-state index is 13.8. The van der Waals surface area contributed by atoms with Gasteiger partial charge in [-0.05, 0) is 32.0 Å². The lowest BCUT2D eigenvalue weighted by Gasteiger charge is -2.25. The van der Waals surface area contributed by atoms with Gasteiger partial charge in [0, 0.05) is 13.4 Å².